The van der Waals surface area contributed by atoms with Crippen LogP contribution in [0.3, 0.4) is 0 Å². The molecule has 2 atom stereocenters. The molecule has 1 rings (SSSR count). The number of nitrogens with one attached hydrogen (secondary N) is 2. The highest BCUT2D eigenvalue weighted by Gasteiger charge is 2.25. The highest BCUT2D eigenvalue weighted by molar-refractivity contribution is 5.90. The summed E-state index contributed by atoms with van der Waals surface area (Å²) in [6, 6.07) is 6.76. The van der Waals surface area contributed by atoms with Gasteiger partial charge in [-0.2, -0.15) is 0 Å². The van der Waals surface area contributed by atoms with E-state index in [2.05, 4.69) is 16.6 Å². The zero-order valence-electron chi connectivity index (χ0n) is 14.3. The topological polar surface area (TPSA) is 131 Å². The molecule has 140 valence electrons. The minimum absolute atomic E-state index is 0.0163. The van der Waals surface area contributed by atoms with Crippen LogP contribution in [0.15, 0.2) is 30.3 Å². The Morgan fingerprint density at radius 2 is 1.88 bits per heavy atom. The Balaban J connectivity index is 2.51. The average molecular weight is 361 g/mol. The lowest BCUT2D eigenvalue weighted by Crippen LogP contribution is -2.54. The molecule has 8 heteroatoms. The SMILES string of the molecule is C#CCCC[C@H](NC(=O)[C@H](CO)NC(=O)OCc1ccccc1)C(N)=O. The van der Waals surface area contributed by atoms with Crippen molar-refractivity contribution in [1.82, 2.24) is 10.6 Å². The number of hydrogen-bond donors (Lipinski definition) is 4. The number of carbonyl (C=O) groups is 3. The first kappa shape index (κ1) is 21.0. The molecule has 0 saturated heterocycles. The van der Waals surface area contributed by atoms with Crippen molar-refractivity contribution in [3.05, 3.63) is 35.9 Å². The van der Waals surface area contributed by atoms with Crippen LogP contribution in [0.2, 0.25) is 0 Å². The van der Waals surface area contributed by atoms with Gasteiger partial charge in [0.2, 0.25) is 11.8 Å². The normalized spacial score (nSPS) is 12.3. The van der Waals surface area contributed by atoms with Gasteiger partial charge in [0.05, 0.1) is 6.61 Å². The first-order chi connectivity index (χ1) is 12.5. The number of aliphatic hydroxyl groups is 1. The molecule has 1 aromatic carbocycles. The summed E-state index contributed by atoms with van der Waals surface area (Å²) in [5.74, 6) is 0.959. The van der Waals surface area contributed by atoms with Gasteiger partial charge in [0.25, 0.3) is 0 Å². The lowest BCUT2D eigenvalue weighted by Gasteiger charge is -2.20. The molecule has 0 spiro atoms. The number of alkyl carbamates (subject to hydrolysis) is 1. The molecule has 5 N–H and O–H groups in total. The molecule has 0 aliphatic heterocycles. The Hall–Kier alpha value is -3.05. The van der Waals surface area contributed by atoms with Crippen molar-refractivity contribution in [2.24, 2.45) is 5.73 Å². The summed E-state index contributed by atoms with van der Waals surface area (Å²) in [7, 11) is 0. The van der Waals surface area contributed by atoms with E-state index in [0.717, 1.165) is 5.56 Å². The molecule has 0 fully saturated rings. The quantitative estimate of drug-likeness (QED) is 0.345. The van der Waals surface area contributed by atoms with Crippen molar-refractivity contribution < 1.29 is 24.2 Å². The maximum absolute atomic E-state index is 12.1. The fraction of sp³-hybridized carbons (Fsp3) is 0.389. The first-order valence-corrected chi connectivity index (χ1v) is 8.09. The molecular formula is C18H23N3O5. The number of amides is 3. The number of carbonyl (C=O) groups excluding carboxylic acids is 3. The summed E-state index contributed by atoms with van der Waals surface area (Å²) < 4.78 is 4.99. The Morgan fingerprint density at radius 1 is 1.19 bits per heavy atom. The Labute approximate surface area is 152 Å². The van der Waals surface area contributed by atoms with E-state index in [-0.39, 0.29) is 13.0 Å². The fourth-order valence-electron chi connectivity index (χ4n) is 2.07. The monoisotopic (exact) mass is 361 g/mol. The van der Waals surface area contributed by atoms with Gasteiger partial charge in [-0.05, 0) is 18.4 Å². The molecule has 1 aromatic rings. The maximum Gasteiger partial charge on any atom is 0.408 e. The van der Waals surface area contributed by atoms with Gasteiger partial charge in [0.15, 0.2) is 0 Å². The van der Waals surface area contributed by atoms with E-state index < -0.39 is 36.6 Å². The minimum atomic E-state index is -1.27. The van der Waals surface area contributed by atoms with Crippen LogP contribution in [0.1, 0.15) is 24.8 Å². The molecule has 0 radical (unpaired) electrons. The fourth-order valence-corrected chi connectivity index (χ4v) is 2.07. The lowest BCUT2D eigenvalue weighted by molar-refractivity contribution is -0.129. The van der Waals surface area contributed by atoms with Crippen LogP contribution in [0.25, 0.3) is 0 Å². The number of rotatable bonds is 10. The molecule has 26 heavy (non-hydrogen) atoms. The number of aliphatic hydroxyl groups excluding tert-OH is 1. The molecule has 0 heterocycles. The predicted octanol–water partition coefficient (Wildman–Crippen LogP) is 0.0473. The summed E-state index contributed by atoms with van der Waals surface area (Å²) in [4.78, 5) is 35.3. The van der Waals surface area contributed by atoms with Crippen molar-refractivity contribution in [1.29, 1.82) is 0 Å². The zero-order chi connectivity index (χ0) is 19.4. The summed E-state index contributed by atoms with van der Waals surface area (Å²) in [5.41, 5.74) is 6.02. The molecule has 0 aliphatic rings. The van der Waals surface area contributed by atoms with E-state index in [9.17, 15) is 19.5 Å². The van der Waals surface area contributed by atoms with Crippen molar-refractivity contribution in [2.45, 2.75) is 38.0 Å². The third-order valence-electron chi connectivity index (χ3n) is 3.48. The molecule has 0 saturated carbocycles. The molecule has 0 aromatic heterocycles. The van der Waals surface area contributed by atoms with Crippen LogP contribution < -0.4 is 16.4 Å². The number of unbranched alkanes of at least 4 members (excludes halogenated alkanes) is 1. The Morgan fingerprint density at radius 3 is 2.46 bits per heavy atom. The van der Waals surface area contributed by atoms with Gasteiger partial charge >= 0.3 is 6.09 Å². The van der Waals surface area contributed by atoms with E-state index >= 15 is 0 Å². The van der Waals surface area contributed by atoms with E-state index in [1.165, 1.54) is 0 Å². The van der Waals surface area contributed by atoms with Crippen LogP contribution in [0.4, 0.5) is 4.79 Å². The number of nitrogens with two attached hydrogens (primary N) is 1. The van der Waals surface area contributed by atoms with Crippen LogP contribution in [0.5, 0.6) is 0 Å². The van der Waals surface area contributed by atoms with E-state index in [1.807, 2.05) is 6.07 Å². The number of benzene rings is 1. The zero-order valence-corrected chi connectivity index (χ0v) is 14.3. The highest BCUT2D eigenvalue weighted by atomic mass is 16.5. The van der Waals surface area contributed by atoms with E-state index in [1.54, 1.807) is 24.3 Å². The first-order valence-electron chi connectivity index (χ1n) is 8.09. The van der Waals surface area contributed by atoms with Gasteiger partial charge in [0, 0.05) is 6.42 Å². The van der Waals surface area contributed by atoms with Gasteiger partial charge in [-0.15, -0.1) is 12.3 Å². The number of primary amides is 1. The smallest absolute Gasteiger partial charge is 0.408 e. The largest absolute Gasteiger partial charge is 0.445 e. The minimum Gasteiger partial charge on any atom is -0.445 e. The number of ether oxygens (including phenoxy) is 1. The van der Waals surface area contributed by atoms with Gasteiger partial charge < -0.3 is 26.2 Å². The second kappa shape index (κ2) is 11.5. The molecule has 0 bridgehead atoms. The summed E-state index contributed by atoms with van der Waals surface area (Å²) in [6.45, 7) is -0.648. The molecule has 8 nitrogen and oxygen atoms in total. The van der Waals surface area contributed by atoms with Gasteiger partial charge in [-0.25, -0.2) is 4.79 Å². The Bertz CT molecular complexity index is 642. The summed E-state index contributed by atoms with van der Waals surface area (Å²) in [6.07, 6.45) is 5.47. The molecule has 3 amide bonds. The molecular weight excluding hydrogens is 338 g/mol. The van der Waals surface area contributed by atoms with Gasteiger partial charge in [0.1, 0.15) is 18.7 Å². The second-order valence-corrected chi connectivity index (χ2v) is 5.50. The van der Waals surface area contributed by atoms with Crippen molar-refractivity contribution in [3.63, 3.8) is 0 Å². The van der Waals surface area contributed by atoms with Crippen molar-refractivity contribution in [2.75, 3.05) is 6.61 Å². The lowest BCUT2D eigenvalue weighted by atomic mass is 10.1. The third-order valence-corrected chi connectivity index (χ3v) is 3.48. The van der Waals surface area contributed by atoms with Gasteiger partial charge in [-0.3, -0.25) is 9.59 Å². The van der Waals surface area contributed by atoms with E-state index in [4.69, 9.17) is 16.9 Å². The van der Waals surface area contributed by atoms with E-state index in [0.29, 0.717) is 12.8 Å². The van der Waals surface area contributed by atoms with Gasteiger partial charge in [-0.1, -0.05) is 30.3 Å². The van der Waals surface area contributed by atoms with Crippen LogP contribution in [-0.4, -0.2) is 41.7 Å². The van der Waals surface area contributed by atoms with Crippen LogP contribution in [-0.2, 0) is 20.9 Å². The van der Waals surface area contributed by atoms with Crippen LogP contribution >= 0.6 is 0 Å². The number of terminal acetylenes is 1. The Kier molecular flexibility index (Phi) is 9.28. The highest BCUT2D eigenvalue weighted by Crippen LogP contribution is 2.02. The van der Waals surface area contributed by atoms with Crippen molar-refractivity contribution in [3.8, 4) is 12.3 Å². The third kappa shape index (κ3) is 7.68. The molecule has 0 aliphatic carbocycles. The predicted molar refractivity (Wildman–Crippen MR) is 94.4 cm³/mol. The average Bonchev–Trinajstić information content (AvgIpc) is 2.64. The standard InChI is InChI=1S/C18H23N3O5/c1-2-3-5-10-14(16(19)23)20-17(24)15(11-22)21-18(25)26-12-13-8-6-4-7-9-13/h1,4,6-9,14-15,22H,3,5,10-12H2,(H2,19,23)(H,20,24)(H,21,25)/t14-,15-/m0/s1. The number of hydrogen-bond acceptors (Lipinski definition) is 5. The summed E-state index contributed by atoms with van der Waals surface area (Å²) in [5, 5.41) is 14.0. The molecule has 0 unspecified atom stereocenters. The second-order valence-electron chi connectivity index (χ2n) is 5.50. The maximum atomic E-state index is 12.1. The summed E-state index contributed by atoms with van der Waals surface area (Å²) >= 11 is 0. The van der Waals surface area contributed by atoms with Crippen LogP contribution in [0, 0.1) is 12.3 Å². The van der Waals surface area contributed by atoms with Crippen molar-refractivity contribution >= 4 is 17.9 Å².